The van der Waals surface area contributed by atoms with Crippen molar-refractivity contribution in [3.63, 3.8) is 0 Å². The van der Waals surface area contributed by atoms with E-state index in [4.69, 9.17) is 4.74 Å². The molecule has 0 fully saturated rings. The van der Waals surface area contributed by atoms with Crippen LogP contribution in [-0.2, 0) is 21.2 Å². The van der Waals surface area contributed by atoms with Gasteiger partial charge in [0.1, 0.15) is 0 Å². The Morgan fingerprint density at radius 2 is 1.69 bits per heavy atom. The monoisotopic (exact) mass is 378 g/mol. The summed E-state index contributed by atoms with van der Waals surface area (Å²) in [5, 5.41) is 11.2. The summed E-state index contributed by atoms with van der Waals surface area (Å²) in [4.78, 5) is 10.2. The van der Waals surface area contributed by atoms with Gasteiger partial charge in [0, 0.05) is 26.3 Å². The molecule has 0 aliphatic rings. The maximum Gasteiger partial charge on any atom is 0.289 e. The van der Waals surface area contributed by atoms with Gasteiger partial charge in [0.15, 0.2) is 4.90 Å². The minimum Gasteiger partial charge on any atom is -0.383 e. The molecule has 7 nitrogen and oxygen atoms in total. The smallest absolute Gasteiger partial charge is 0.289 e. The maximum atomic E-state index is 13.0. The van der Waals surface area contributed by atoms with Gasteiger partial charge in [-0.2, -0.15) is 4.31 Å². The minimum atomic E-state index is -3.99. The Labute approximate surface area is 153 Å². The van der Waals surface area contributed by atoms with Crippen molar-refractivity contribution in [1.82, 2.24) is 4.31 Å². The van der Waals surface area contributed by atoms with Crippen LogP contribution in [0.2, 0.25) is 0 Å². The van der Waals surface area contributed by atoms with Crippen molar-refractivity contribution in [2.24, 2.45) is 0 Å². The maximum absolute atomic E-state index is 13.0. The van der Waals surface area contributed by atoms with Crippen LogP contribution in [0, 0.1) is 10.1 Å². The number of ether oxygens (including phenoxy) is 1. The van der Waals surface area contributed by atoms with Gasteiger partial charge in [0.25, 0.3) is 5.69 Å². The molecule has 0 amide bonds. The summed E-state index contributed by atoms with van der Waals surface area (Å²) in [6, 6.07) is 15.2. The lowest BCUT2D eigenvalue weighted by molar-refractivity contribution is -0.387. The minimum absolute atomic E-state index is 0.139. The fourth-order valence-corrected chi connectivity index (χ4v) is 4.23. The van der Waals surface area contributed by atoms with Crippen molar-refractivity contribution >= 4 is 15.7 Å². The van der Waals surface area contributed by atoms with Crippen molar-refractivity contribution in [2.45, 2.75) is 17.7 Å². The van der Waals surface area contributed by atoms with Crippen LogP contribution in [0.5, 0.6) is 0 Å². The molecule has 0 bridgehead atoms. The van der Waals surface area contributed by atoms with Crippen LogP contribution in [0.25, 0.3) is 0 Å². The van der Waals surface area contributed by atoms with Crippen molar-refractivity contribution in [2.75, 3.05) is 26.8 Å². The highest BCUT2D eigenvalue weighted by atomic mass is 32.2. The highest BCUT2D eigenvalue weighted by Crippen LogP contribution is 2.26. The zero-order chi connectivity index (χ0) is 19.0. The van der Waals surface area contributed by atoms with E-state index in [0.29, 0.717) is 6.42 Å². The largest absolute Gasteiger partial charge is 0.383 e. The molecular weight excluding hydrogens is 356 g/mol. The number of hydrogen-bond donors (Lipinski definition) is 0. The first kappa shape index (κ1) is 20.0. The number of nitrogens with zero attached hydrogens (tertiary/aromatic N) is 2. The highest BCUT2D eigenvalue weighted by molar-refractivity contribution is 7.89. The molecule has 0 aliphatic carbocycles. The fraction of sp³-hybridized carbons (Fsp3) is 0.333. The number of benzene rings is 2. The SMILES string of the molecule is COCCN(CCCc1ccccc1)S(=O)(=O)c1ccccc1[N+](=O)[O-]. The standard InChI is InChI=1S/C18H22N2O5S/c1-25-15-14-19(13-7-10-16-8-3-2-4-9-16)26(23,24)18-12-6-5-11-17(18)20(21)22/h2-6,8-9,11-12H,7,10,13-15H2,1H3. The third-order valence-corrected chi connectivity index (χ3v) is 5.89. The van der Waals surface area contributed by atoms with E-state index in [1.165, 1.54) is 35.7 Å². The lowest BCUT2D eigenvalue weighted by Crippen LogP contribution is -2.35. The zero-order valence-corrected chi connectivity index (χ0v) is 15.4. The molecule has 0 heterocycles. The Hall–Kier alpha value is -2.29. The van der Waals surface area contributed by atoms with Crippen molar-refractivity contribution in [3.8, 4) is 0 Å². The van der Waals surface area contributed by atoms with E-state index in [1.54, 1.807) is 0 Å². The molecule has 2 aromatic rings. The van der Waals surface area contributed by atoms with Crippen molar-refractivity contribution in [3.05, 3.63) is 70.3 Å². The van der Waals surface area contributed by atoms with Crippen LogP contribution in [0.1, 0.15) is 12.0 Å². The Bertz CT molecular complexity index is 824. The number of nitro benzene ring substituents is 1. The van der Waals surface area contributed by atoms with E-state index in [9.17, 15) is 18.5 Å². The molecule has 140 valence electrons. The summed E-state index contributed by atoms with van der Waals surface area (Å²) in [6.07, 6.45) is 1.32. The van der Waals surface area contributed by atoms with Gasteiger partial charge < -0.3 is 4.74 Å². The molecule has 2 aromatic carbocycles. The van der Waals surface area contributed by atoms with E-state index < -0.39 is 20.6 Å². The lowest BCUT2D eigenvalue weighted by Gasteiger charge is -2.21. The van der Waals surface area contributed by atoms with Crippen LogP contribution in [0.15, 0.2) is 59.5 Å². The number of nitro groups is 1. The number of aryl methyl sites for hydroxylation is 1. The van der Waals surface area contributed by atoms with E-state index >= 15 is 0 Å². The molecule has 0 saturated carbocycles. The quantitative estimate of drug-likeness (QED) is 0.468. The van der Waals surface area contributed by atoms with Gasteiger partial charge in [-0.25, -0.2) is 8.42 Å². The van der Waals surface area contributed by atoms with Gasteiger partial charge in [-0.1, -0.05) is 42.5 Å². The summed E-state index contributed by atoms with van der Waals surface area (Å²) < 4.78 is 32.2. The van der Waals surface area contributed by atoms with E-state index in [0.717, 1.165) is 12.0 Å². The molecule has 2 rings (SSSR count). The molecule has 0 N–H and O–H groups in total. The molecule has 0 aromatic heterocycles. The molecule has 0 atom stereocenters. The Balaban J connectivity index is 2.20. The first-order valence-corrected chi connectivity index (χ1v) is 9.67. The van der Waals surface area contributed by atoms with Crippen LogP contribution >= 0.6 is 0 Å². The van der Waals surface area contributed by atoms with E-state index in [-0.39, 0.29) is 24.6 Å². The van der Waals surface area contributed by atoms with Gasteiger partial charge in [-0.3, -0.25) is 10.1 Å². The van der Waals surface area contributed by atoms with Crippen LogP contribution in [0.3, 0.4) is 0 Å². The van der Waals surface area contributed by atoms with Crippen LogP contribution in [0.4, 0.5) is 5.69 Å². The van der Waals surface area contributed by atoms with E-state index in [1.807, 2.05) is 30.3 Å². The Morgan fingerprint density at radius 3 is 2.35 bits per heavy atom. The number of para-hydroxylation sites is 1. The van der Waals surface area contributed by atoms with Crippen LogP contribution in [-0.4, -0.2) is 44.5 Å². The third-order valence-electron chi connectivity index (χ3n) is 3.94. The molecule has 0 spiro atoms. The third kappa shape index (κ3) is 5.10. The topological polar surface area (TPSA) is 89.8 Å². The van der Waals surface area contributed by atoms with E-state index in [2.05, 4.69) is 0 Å². The average molecular weight is 378 g/mol. The lowest BCUT2D eigenvalue weighted by atomic mass is 10.1. The number of sulfonamides is 1. The predicted octanol–water partition coefficient (Wildman–Crippen LogP) is 2.86. The van der Waals surface area contributed by atoms with Gasteiger partial charge in [0.2, 0.25) is 10.0 Å². The Kier molecular flexibility index (Phi) is 7.26. The predicted molar refractivity (Wildman–Crippen MR) is 98.5 cm³/mol. The first-order valence-electron chi connectivity index (χ1n) is 8.23. The second-order valence-corrected chi connectivity index (χ2v) is 7.62. The normalized spacial score (nSPS) is 11.6. The first-order chi connectivity index (χ1) is 12.5. The van der Waals surface area contributed by atoms with Gasteiger partial charge in [0.05, 0.1) is 11.5 Å². The molecule has 0 unspecified atom stereocenters. The number of hydrogen-bond acceptors (Lipinski definition) is 5. The summed E-state index contributed by atoms with van der Waals surface area (Å²) >= 11 is 0. The summed E-state index contributed by atoms with van der Waals surface area (Å²) in [5.74, 6) is 0. The average Bonchev–Trinajstić information content (AvgIpc) is 2.65. The van der Waals surface area contributed by atoms with Gasteiger partial charge in [-0.05, 0) is 24.5 Å². The van der Waals surface area contributed by atoms with Crippen molar-refractivity contribution in [1.29, 1.82) is 0 Å². The molecule has 26 heavy (non-hydrogen) atoms. The molecular formula is C18H22N2O5S. The van der Waals surface area contributed by atoms with Crippen LogP contribution < -0.4 is 0 Å². The number of rotatable bonds is 10. The molecule has 0 radical (unpaired) electrons. The highest BCUT2D eigenvalue weighted by Gasteiger charge is 2.30. The van der Waals surface area contributed by atoms with Gasteiger partial charge in [-0.15, -0.1) is 0 Å². The summed E-state index contributed by atoms with van der Waals surface area (Å²) in [6.45, 7) is 0.609. The fourth-order valence-electron chi connectivity index (χ4n) is 2.61. The molecule has 0 aliphatic heterocycles. The summed E-state index contributed by atoms with van der Waals surface area (Å²) in [5.41, 5.74) is 0.695. The van der Waals surface area contributed by atoms with Crippen molar-refractivity contribution < 1.29 is 18.1 Å². The zero-order valence-electron chi connectivity index (χ0n) is 14.6. The van der Waals surface area contributed by atoms with Gasteiger partial charge >= 0.3 is 0 Å². The second-order valence-electron chi connectivity index (χ2n) is 5.71. The summed E-state index contributed by atoms with van der Waals surface area (Å²) in [7, 11) is -2.51. The second kappa shape index (κ2) is 9.42. The Morgan fingerprint density at radius 1 is 1.04 bits per heavy atom. The molecule has 0 saturated heterocycles. The molecule has 8 heteroatoms. The number of methoxy groups -OCH3 is 1.